The summed E-state index contributed by atoms with van der Waals surface area (Å²) in [5.41, 5.74) is 14.5. The fraction of sp³-hybridized carbons (Fsp3) is 0.0189. The maximum absolute atomic E-state index is 2.41. The van der Waals surface area contributed by atoms with Crippen LogP contribution in [0.1, 0.15) is 0 Å². The second-order valence-corrected chi connectivity index (χ2v) is 15.0. The van der Waals surface area contributed by atoms with E-state index in [4.69, 9.17) is 0 Å². The molecule has 3 nitrogen and oxygen atoms in total. The van der Waals surface area contributed by atoms with Crippen LogP contribution in [0.2, 0.25) is 0 Å². The van der Waals surface area contributed by atoms with Gasteiger partial charge in [0.15, 0.2) is 0 Å². The molecule has 262 valence electrons. The monoisotopic (exact) mass is 713 g/mol. The van der Waals surface area contributed by atoms with Crippen molar-refractivity contribution in [2.45, 2.75) is 0 Å². The molecule has 0 saturated carbocycles. The summed E-state index contributed by atoms with van der Waals surface area (Å²) in [6, 6.07) is 71.3. The Labute approximate surface area is 323 Å². The Morgan fingerprint density at radius 1 is 0.286 bits per heavy atom. The molecule has 0 aliphatic rings. The van der Waals surface area contributed by atoms with Crippen molar-refractivity contribution in [3.05, 3.63) is 194 Å². The van der Waals surface area contributed by atoms with Gasteiger partial charge in [-0.1, -0.05) is 115 Å². The van der Waals surface area contributed by atoms with Crippen molar-refractivity contribution in [3.8, 4) is 33.6 Å². The number of nitrogens with zero attached hydrogens (tertiary/aromatic N) is 3. The number of fused-ring (bicyclic) bond motifs is 11. The maximum atomic E-state index is 2.41. The molecule has 0 unspecified atom stereocenters. The number of hydrogen-bond acceptors (Lipinski definition) is 0. The number of aryl methyl sites for hydroxylation is 1. The molecule has 3 aromatic heterocycles. The Balaban J connectivity index is 1.06. The minimum atomic E-state index is 1.16. The first kappa shape index (κ1) is 31.0. The first-order valence-corrected chi connectivity index (χ1v) is 19.3. The van der Waals surface area contributed by atoms with Gasteiger partial charge in [0.2, 0.25) is 0 Å². The third-order valence-electron chi connectivity index (χ3n) is 12.0. The third-order valence-corrected chi connectivity index (χ3v) is 12.0. The highest BCUT2D eigenvalue weighted by Gasteiger charge is 2.18. The van der Waals surface area contributed by atoms with E-state index in [0.29, 0.717) is 0 Å². The Morgan fingerprint density at radius 3 is 1.25 bits per heavy atom. The highest BCUT2D eigenvalue weighted by Crippen LogP contribution is 2.41. The quantitative estimate of drug-likeness (QED) is 0.172. The molecular weight excluding hydrogens is 679 g/mol. The van der Waals surface area contributed by atoms with Crippen LogP contribution in [0.5, 0.6) is 0 Å². The van der Waals surface area contributed by atoms with Crippen LogP contribution in [-0.4, -0.2) is 13.7 Å². The van der Waals surface area contributed by atoms with E-state index in [1.54, 1.807) is 0 Å². The van der Waals surface area contributed by atoms with Crippen LogP contribution < -0.4 is 0 Å². The predicted molar refractivity (Wildman–Crippen MR) is 237 cm³/mol. The molecule has 0 saturated heterocycles. The van der Waals surface area contributed by atoms with Crippen molar-refractivity contribution in [2.24, 2.45) is 7.05 Å². The summed E-state index contributed by atoms with van der Waals surface area (Å²) in [5.74, 6) is 0. The Kier molecular flexibility index (Phi) is 6.55. The Bertz CT molecular complexity index is 3530. The fourth-order valence-electron chi connectivity index (χ4n) is 9.42. The van der Waals surface area contributed by atoms with Gasteiger partial charge in [0.1, 0.15) is 0 Å². The minimum Gasteiger partial charge on any atom is -0.343 e. The van der Waals surface area contributed by atoms with Crippen molar-refractivity contribution < 1.29 is 0 Å². The van der Waals surface area contributed by atoms with Crippen LogP contribution in [0.4, 0.5) is 0 Å². The van der Waals surface area contributed by atoms with Gasteiger partial charge in [-0.2, -0.15) is 0 Å². The van der Waals surface area contributed by atoms with Crippen LogP contribution in [-0.2, 0) is 7.05 Å². The Morgan fingerprint density at radius 2 is 0.696 bits per heavy atom. The summed E-state index contributed by atoms with van der Waals surface area (Å²) in [6.45, 7) is 0. The topological polar surface area (TPSA) is 14.8 Å². The molecule has 0 radical (unpaired) electrons. The van der Waals surface area contributed by atoms with Gasteiger partial charge in [0.25, 0.3) is 0 Å². The van der Waals surface area contributed by atoms with Gasteiger partial charge in [-0.3, -0.25) is 0 Å². The smallest absolute Gasteiger partial charge is 0.0568 e. The standard InChI is InChI=1S/C53H35N3/c1-54-48-26-21-35(31-45(48)43-25-20-34-12-8-9-17-41(34)53(43)54)37-23-28-51-46(32-37)47-33-38(24-29-52(47)56(51)40-15-6-3-7-16-40)36-22-27-50-44(30-36)42-18-10-11-19-49(42)55(50)39-13-4-2-5-14-39/h2-33H,1H3. The number of aromatic nitrogens is 3. The zero-order valence-electron chi connectivity index (χ0n) is 30.8. The van der Waals surface area contributed by atoms with E-state index in [1.165, 1.54) is 104 Å². The van der Waals surface area contributed by atoms with Gasteiger partial charge < -0.3 is 13.7 Å². The van der Waals surface area contributed by atoms with E-state index in [-0.39, 0.29) is 0 Å². The van der Waals surface area contributed by atoms with E-state index in [2.05, 4.69) is 215 Å². The van der Waals surface area contributed by atoms with Gasteiger partial charge in [0.05, 0.1) is 27.6 Å². The normalized spacial score (nSPS) is 12.0. The number of hydrogen-bond donors (Lipinski definition) is 0. The third kappa shape index (κ3) is 4.46. The van der Waals surface area contributed by atoms with E-state index in [9.17, 15) is 0 Å². The molecule has 0 bridgehead atoms. The van der Waals surface area contributed by atoms with E-state index >= 15 is 0 Å². The van der Waals surface area contributed by atoms with E-state index < -0.39 is 0 Å². The first-order valence-electron chi connectivity index (χ1n) is 19.3. The Hall–Kier alpha value is -7.36. The molecule has 0 aliphatic carbocycles. The van der Waals surface area contributed by atoms with Gasteiger partial charge in [-0.25, -0.2) is 0 Å². The number of para-hydroxylation sites is 3. The predicted octanol–water partition coefficient (Wildman–Crippen LogP) is 14.0. The molecule has 3 heteroatoms. The van der Waals surface area contributed by atoms with Crippen LogP contribution in [0, 0.1) is 0 Å². The lowest BCUT2D eigenvalue weighted by atomic mass is 9.98. The molecule has 3 heterocycles. The summed E-state index contributed by atoms with van der Waals surface area (Å²) >= 11 is 0. The van der Waals surface area contributed by atoms with Crippen molar-refractivity contribution >= 4 is 76.2 Å². The average molecular weight is 714 g/mol. The number of benzene rings is 9. The molecule has 0 spiro atoms. The summed E-state index contributed by atoms with van der Waals surface area (Å²) in [4.78, 5) is 0. The molecule has 0 aliphatic heterocycles. The zero-order chi connectivity index (χ0) is 36.9. The lowest BCUT2D eigenvalue weighted by molar-refractivity contribution is 1.02. The molecular formula is C53H35N3. The summed E-state index contributed by atoms with van der Waals surface area (Å²) < 4.78 is 7.14. The second-order valence-electron chi connectivity index (χ2n) is 15.0. The van der Waals surface area contributed by atoms with Gasteiger partial charge >= 0.3 is 0 Å². The van der Waals surface area contributed by atoms with Crippen LogP contribution in [0.15, 0.2) is 194 Å². The van der Waals surface area contributed by atoms with Crippen LogP contribution >= 0.6 is 0 Å². The minimum absolute atomic E-state index is 1.16. The largest absolute Gasteiger partial charge is 0.343 e. The van der Waals surface area contributed by atoms with Crippen molar-refractivity contribution in [1.82, 2.24) is 13.7 Å². The lowest BCUT2D eigenvalue weighted by Crippen LogP contribution is -1.93. The zero-order valence-corrected chi connectivity index (χ0v) is 30.8. The molecule has 12 rings (SSSR count). The second kappa shape index (κ2) is 11.8. The summed E-state index contributed by atoms with van der Waals surface area (Å²) in [7, 11) is 2.19. The average Bonchev–Trinajstić information content (AvgIpc) is 3.88. The van der Waals surface area contributed by atoms with Crippen molar-refractivity contribution in [3.63, 3.8) is 0 Å². The molecule has 56 heavy (non-hydrogen) atoms. The van der Waals surface area contributed by atoms with E-state index in [0.717, 1.165) is 5.69 Å². The maximum Gasteiger partial charge on any atom is 0.0568 e. The van der Waals surface area contributed by atoms with Gasteiger partial charge in [-0.15, -0.1) is 0 Å². The highest BCUT2D eigenvalue weighted by atomic mass is 15.0. The molecule has 0 N–H and O–H groups in total. The highest BCUT2D eigenvalue weighted by molar-refractivity contribution is 6.19. The number of rotatable bonds is 4. The summed E-state index contributed by atoms with van der Waals surface area (Å²) in [6.07, 6.45) is 0. The fourth-order valence-corrected chi connectivity index (χ4v) is 9.42. The van der Waals surface area contributed by atoms with Crippen molar-refractivity contribution in [2.75, 3.05) is 0 Å². The molecule has 0 atom stereocenters. The van der Waals surface area contributed by atoms with Crippen molar-refractivity contribution in [1.29, 1.82) is 0 Å². The van der Waals surface area contributed by atoms with Crippen LogP contribution in [0.25, 0.3) is 110 Å². The lowest BCUT2D eigenvalue weighted by Gasteiger charge is -2.09. The molecule has 0 fully saturated rings. The first-order chi connectivity index (χ1) is 27.7. The van der Waals surface area contributed by atoms with Gasteiger partial charge in [-0.05, 0) is 107 Å². The SMILES string of the molecule is Cn1c2ccc(-c3ccc4c(c3)c3cc(-c5ccc6c(c5)c5ccccc5n6-c5ccccc5)ccc3n4-c3ccccc3)cc2c2ccc3ccccc3c21. The van der Waals surface area contributed by atoms with Crippen LogP contribution in [0.3, 0.4) is 0 Å². The molecule has 9 aromatic carbocycles. The molecule has 0 amide bonds. The van der Waals surface area contributed by atoms with E-state index in [1.807, 2.05) is 0 Å². The van der Waals surface area contributed by atoms with Gasteiger partial charge in [0, 0.05) is 61.6 Å². The summed E-state index contributed by atoms with van der Waals surface area (Å²) in [5, 5.41) is 10.1. The molecule has 12 aromatic rings.